The van der Waals surface area contributed by atoms with Crippen LogP contribution in [-0.4, -0.2) is 28.6 Å². The van der Waals surface area contributed by atoms with Gasteiger partial charge in [0, 0.05) is 18.8 Å². The van der Waals surface area contributed by atoms with Crippen LogP contribution in [0.3, 0.4) is 0 Å². The Morgan fingerprint density at radius 2 is 2.08 bits per heavy atom. The quantitative estimate of drug-likeness (QED) is 0.579. The van der Waals surface area contributed by atoms with E-state index in [9.17, 15) is 14.7 Å². The number of aliphatic hydroxyl groups is 1. The van der Waals surface area contributed by atoms with Crippen LogP contribution >= 0.6 is 0 Å². The molecule has 0 aromatic rings. The number of rotatable bonds is 1. The van der Waals surface area contributed by atoms with Gasteiger partial charge in [0.25, 0.3) is 0 Å². The molecule has 0 saturated heterocycles. The molecule has 0 aliphatic heterocycles. The van der Waals surface area contributed by atoms with E-state index in [1.165, 1.54) is 6.92 Å². The number of hydrogen-bond acceptors (Lipinski definition) is 4. The molecule has 6 unspecified atom stereocenters. The molecule has 4 nitrogen and oxygen atoms in total. The minimum Gasteiger partial charge on any atom is -0.445 e. The minimum atomic E-state index is -0.821. The third kappa shape index (κ3) is 2.33. The van der Waals surface area contributed by atoms with Crippen molar-refractivity contribution in [1.29, 1.82) is 0 Å². The van der Waals surface area contributed by atoms with E-state index in [0.717, 1.165) is 31.3 Å². The van der Waals surface area contributed by atoms with Gasteiger partial charge in [0.15, 0.2) is 11.4 Å². The third-order valence-corrected chi connectivity index (χ3v) is 8.02. The maximum absolute atomic E-state index is 11.8. The largest absolute Gasteiger partial charge is 0.445 e. The van der Waals surface area contributed by atoms with Gasteiger partial charge in [-0.05, 0) is 73.8 Å². The summed E-state index contributed by atoms with van der Waals surface area (Å²) in [5, 5.41) is 10.8. The maximum Gasteiger partial charge on any atom is 0.304 e. The lowest BCUT2D eigenvalue weighted by Gasteiger charge is -2.56. The first-order valence-corrected chi connectivity index (χ1v) is 9.91. The third-order valence-electron chi connectivity index (χ3n) is 8.02. The van der Waals surface area contributed by atoms with Crippen LogP contribution in [0.15, 0.2) is 11.6 Å². The lowest BCUT2D eigenvalue weighted by Crippen LogP contribution is -2.55. The van der Waals surface area contributed by atoms with Crippen LogP contribution in [-0.2, 0) is 14.3 Å². The van der Waals surface area contributed by atoms with Crippen molar-refractivity contribution in [2.45, 2.75) is 70.5 Å². The van der Waals surface area contributed by atoms with Crippen molar-refractivity contribution in [3.8, 4) is 12.3 Å². The molecule has 0 radical (unpaired) electrons. The first kappa shape index (κ1) is 17.8. The summed E-state index contributed by atoms with van der Waals surface area (Å²) in [7, 11) is 0. The maximum atomic E-state index is 11.8. The molecular weight excluding hydrogens is 328 g/mol. The number of hydrogen-bond donors (Lipinski definition) is 1. The van der Waals surface area contributed by atoms with E-state index in [0.29, 0.717) is 42.9 Å². The SMILES string of the molecule is C#CC1(OC(C)=O)CCC2C3CC(O)C4=CC(=O)CCC4C3CC[C@@]21C. The van der Waals surface area contributed by atoms with Crippen molar-refractivity contribution < 1.29 is 19.4 Å². The molecule has 4 heteroatoms. The highest BCUT2D eigenvalue weighted by molar-refractivity contribution is 5.91. The molecule has 0 aromatic heterocycles. The fraction of sp³-hybridized carbons (Fsp3) is 0.727. The Hall–Kier alpha value is -1.60. The molecule has 0 bridgehead atoms. The Morgan fingerprint density at radius 3 is 2.77 bits per heavy atom. The molecular formula is C22H28O4. The molecule has 3 saturated carbocycles. The second-order valence-corrected chi connectivity index (χ2v) is 9.00. The zero-order chi connectivity index (χ0) is 18.7. The molecule has 140 valence electrons. The summed E-state index contributed by atoms with van der Waals surface area (Å²) in [5.74, 6) is 4.25. The number of aliphatic hydroxyl groups excluding tert-OH is 1. The standard InChI is InChI=1S/C22H28O4/c1-4-22(26-13(2)23)10-8-19-17-12-20(25)18-11-14(24)5-6-15(18)16(17)7-9-21(19,22)3/h1,11,15-17,19-20,25H,5-10,12H2,2-3H3/t15?,16?,17?,19?,20?,21-,22?/m0/s1. The van der Waals surface area contributed by atoms with Crippen LogP contribution < -0.4 is 0 Å². The number of esters is 1. The summed E-state index contributed by atoms with van der Waals surface area (Å²) in [6, 6.07) is 0. The Bertz CT molecular complexity index is 716. The van der Waals surface area contributed by atoms with E-state index in [1.54, 1.807) is 6.08 Å². The first-order chi connectivity index (χ1) is 12.3. The van der Waals surface area contributed by atoms with Gasteiger partial charge < -0.3 is 9.84 Å². The molecule has 0 heterocycles. The fourth-order valence-corrected chi connectivity index (χ4v) is 6.86. The van der Waals surface area contributed by atoms with Crippen LogP contribution in [0.1, 0.15) is 58.8 Å². The highest BCUT2D eigenvalue weighted by Crippen LogP contribution is 2.65. The van der Waals surface area contributed by atoms with Gasteiger partial charge in [0.2, 0.25) is 0 Å². The topological polar surface area (TPSA) is 63.6 Å². The summed E-state index contributed by atoms with van der Waals surface area (Å²) in [5.41, 5.74) is -0.0924. The van der Waals surface area contributed by atoms with E-state index in [4.69, 9.17) is 11.2 Å². The van der Waals surface area contributed by atoms with Gasteiger partial charge in [-0.3, -0.25) is 9.59 Å². The predicted octanol–water partition coefficient (Wildman–Crippen LogP) is 3.03. The van der Waals surface area contributed by atoms with Crippen LogP contribution in [0.2, 0.25) is 0 Å². The molecule has 0 amide bonds. The molecule has 4 aliphatic carbocycles. The average molecular weight is 356 g/mol. The molecule has 4 aliphatic rings. The van der Waals surface area contributed by atoms with E-state index in [-0.39, 0.29) is 17.2 Å². The lowest BCUT2D eigenvalue weighted by atomic mass is 9.50. The van der Waals surface area contributed by atoms with Crippen LogP contribution in [0.5, 0.6) is 0 Å². The minimum absolute atomic E-state index is 0.150. The van der Waals surface area contributed by atoms with Crippen molar-refractivity contribution in [3.63, 3.8) is 0 Å². The summed E-state index contributed by atoms with van der Waals surface area (Å²) in [6.07, 6.45) is 12.8. The molecule has 0 aromatic carbocycles. The normalized spacial score (nSPS) is 47.1. The predicted molar refractivity (Wildman–Crippen MR) is 96.8 cm³/mol. The summed E-state index contributed by atoms with van der Waals surface area (Å²) in [4.78, 5) is 23.6. The average Bonchev–Trinajstić information content (AvgIpc) is 2.88. The fourth-order valence-electron chi connectivity index (χ4n) is 6.86. The van der Waals surface area contributed by atoms with Crippen molar-refractivity contribution in [2.24, 2.45) is 29.1 Å². The molecule has 3 fully saturated rings. The highest BCUT2D eigenvalue weighted by Gasteiger charge is 2.64. The number of ketones is 1. The molecule has 0 spiro atoms. The van der Waals surface area contributed by atoms with Gasteiger partial charge in [-0.1, -0.05) is 12.8 Å². The van der Waals surface area contributed by atoms with E-state index in [1.807, 2.05) is 0 Å². The summed E-state index contributed by atoms with van der Waals surface area (Å²) < 4.78 is 5.75. The molecule has 4 rings (SSSR count). The van der Waals surface area contributed by atoms with Gasteiger partial charge in [-0.25, -0.2) is 0 Å². The number of ether oxygens (including phenoxy) is 1. The van der Waals surface area contributed by atoms with Crippen molar-refractivity contribution in [2.75, 3.05) is 0 Å². The molecule has 26 heavy (non-hydrogen) atoms. The van der Waals surface area contributed by atoms with E-state index < -0.39 is 11.7 Å². The van der Waals surface area contributed by atoms with Crippen LogP contribution in [0, 0.1) is 41.4 Å². The lowest BCUT2D eigenvalue weighted by molar-refractivity contribution is -0.168. The van der Waals surface area contributed by atoms with Crippen LogP contribution in [0.25, 0.3) is 0 Å². The summed E-state index contributed by atoms with van der Waals surface area (Å²) in [6.45, 7) is 3.62. The molecule has 7 atom stereocenters. The van der Waals surface area contributed by atoms with Crippen molar-refractivity contribution >= 4 is 11.8 Å². The number of terminal acetylenes is 1. The Kier molecular flexibility index (Phi) is 4.08. The van der Waals surface area contributed by atoms with Gasteiger partial charge in [-0.15, -0.1) is 6.42 Å². The number of carbonyl (C=O) groups is 2. The van der Waals surface area contributed by atoms with E-state index in [2.05, 4.69) is 12.8 Å². The van der Waals surface area contributed by atoms with Crippen LogP contribution in [0.4, 0.5) is 0 Å². The van der Waals surface area contributed by atoms with Gasteiger partial charge >= 0.3 is 5.97 Å². The second-order valence-electron chi connectivity index (χ2n) is 9.00. The monoisotopic (exact) mass is 356 g/mol. The van der Waals surface area contributed by atoms with E-state index >= 15 is 0 Å². The smallest absolute Gasteiger partial charge is 0.304 e. The Morgan fingerprint density at radius 1 is 1.31 bits per heavy atom. The van der Waals surface area contributed by atoms with Gasteiger partial charge in [0.05, 0.1) is 6.10 Å². The van der Waals surface area contributed by atoms with Crippen molar-refractivity contribution in [3.05, 3.63) is 11.6 Å². The molecule has 1 N–H and O–H groups in total. The summed E-state index contributed by atoms with van der Waals surface area (Å²) >= 11 is 0. The van der Waals surface area contributed by atoms with Gasteiger partial charge in [-0.2, -0.15) is 0 Å². The number of carbonyl (C=O) groups excluding carboxylic acids is 2. The highest BCUT2D eigenvalue weighted by atomic mass is 16.6. The first-order valence-electron chi connectivity index (χ1n) is 9.91. The van der Waals surface area contributed by atoms with Crippen molar-refractivity contribution in [1.82, 2.24) is 0 Å². The zero-order valence-corrected chi connectivity index (χ0v) is 15.7. The zero-order valence-electron chi connectivity index (χ0n) is 15.7. The Labute approximate surface area is 155 Å². The number of fused-ring (bicyclic) bond motifs is 5. The Balaban J connectivity index is 1.68. The van der Waals surface area contributed by atoms with Gasteiger partial charge in [0.1, 0.15) is 0 Å². The second kappa shape index (κ2) is 5.96.